The van der Waals surface area contributed by atoms with Crippen molar-refractivity contribution in [2.75, 3.05) is 0 Å². The molecule has 1 saturated heterocycles. The first kappa shape index (κ1) is 17.0. The Hall–Kier alpha value is -1.88. The van der Waals surface area contributed by atoms with E-state index in [1.54, 1.807) is 4.90 Å². The van der Waals surface area contributed by atoms with Crippen LogP contribution in [0.1, 0.15) is 57.1 Å². The fourth-order valence-corrected chi connectivity index (χ4v) is 3.55. The van der Waals surface area contributed by atoms with Crippen molar-refractivity contribution in [1.82, 2.24) is 10.2 Å². The first-order chi connectivity index (χ1) is 11.6. The minimum absolute atomic E-state index is 0.0910. The van der Waals surface area contributed by atoms with Crippen LogP contribution in [-0.4, -0.2) is 39.9 Å². The zero-order valence-corrected chi connectivity index (χ0v) is 14.1. The van der Waals surface area contributed by atoms with Crippen molar-refractivity contribution in [3.63, 3.8) is 0 Å². The lowest BCUT2D eigenvalue weighted by molar-refractivity contribution is -0.136. The Labute approximate surface area is 143 Å². The van der Waals surface area contributed by atoms with Crippen LogP contribution in [0.25, 0.3) is 0 Å². The van der Waals surface area contributed by atoms with Crippen molar-refractivity contribution in [2.24, 2.45) is 0 Å². The first-order valence-electron chi connectivity index (χ1n) is 8.96. The van der Waals surface area contributed by atoms with Gasteiger partial charge in [0.05, 0.1) is 12.1 Å². The van der Waals surface area contributed by atoms with Gasteiger partial charge in [0.1, 0.15) is 6.04 Å². The number of amides is 2. The van der Waals surface area contributed by atoms with Gasteiger partial charge in [-0.05, 0) is 31.2 Å². The van der Waals surface area contributed by atoms with Crippen molar-refractivity contribution in [3.8, 4) is 0 Å². The fourth-order valence-electron chi connectivity index (χ4n) is 3.55. The van der Waals surface area contributed by atoms with Gasteiger partial charge in [-0.2, -0.15) is 0 Å². The number of hydrogen-bond donors (Lipinski definition) is 2. The van der Waals surface area contributed by atoms with Gasteiger partial charge in [-0.1, -0.05) is 43.7 Å². The summed E-state index contributed by atoms with van der Waals surface area (Å²) in [5.74, 6) is -0.0329. The van der Waals surface area contributed by atoms with Crippen LogP contribution < -0.4 is 5.32 Å². The van der Waals surface area contributed by atoms with Crippen LogP contribution in [0.3, 0.4) is 0 Å². The van der Waals surface area contributed by atoms with E-state index in [1.807, 2.05) is 37.3 Å². The summed E-state index contributed by atoms with van der Waals surface area (Å²) in [6.45, 7) is 2.03. The van der Waals surface area contributed by atoms with E-state index in [-0.39, 0.29) is 29.9 Å². The summed E-state index contributed by atoms with van der Waals surface area (Å²) in [6, 6.07) is 8.96. The van der Waals surface area contributed by atoms with Gasteiger partial charge in [0.15, 0.2) is 0 Å². The molecule has 0 aromatic heterocycles. The number of carbonyl (C=O) groups excluding carboxylic acids is 2. The number of aliphatic hydroxyl groups excluding tert-OH is 1. The second kappa shape index (κ2) is 7.34. The summed E-state index contributed by atoms with van der Waals surface area (Å²) in [5, 5.41) is 13.7. The number of nitrogens with one attached hydrogen (secondary N) is 1. The zero-order chi connectivity index (χ0) is 17.1. The average molecular weight is 330 g/mol. The van der Waals surface area contributed by atoms with E-state index in [2.05, 4.69) is 5.32 Å². The SMILES string of the molecule is CCCC(NC(=O)C1CCC(=O)N1C1CC1)C(O)c1ccccc1. The average Bonchev–Trinajstić information content (AvgIpc) is 3.36. The molecule has 2 aliphatic rings. The van der Waals surface area contributed by atoms with Gasteiger partial charge >= 0.3 is 0 Å². The van der Waals surface area contributed by atoms with E-state index < -0.39 is 6.10 Å². The van der Waals surface area contributed by atoms with Gasteiger partial charge in [0, 0.05) is 12.5 Å². The zero-order valence-electron chi connectivity index (χ0n) is 14.1. The first-order valence-corrected chi connectivity index (χ1v) is 8.96. The maximum atomic E-state index is 12.7. The minimum Gasteiger partial charge on any atom is -0.386 e. The largest absolute Gasteiger partial charge is 0.386 e. The number of nitrogens with zero attached hydrogens (tertiary/aromatic N) is 1. The fraction of sp³-hybridized carbons (Fsp3) is 0.579. The predicted octanol–water partition coefficient (Wildman–Crippen LogP) is 2.16. The Morgan fingerprint density at radius 3 is 2.62 bits per heavy atom. The Kier molecular flexibility index (Phi) is 5.19. The summed E-state index contributed by atoms with van der Waals surface area (Å²) in [6.07, 6.45) is 3.87. The van der Waals surface area contributed by atoms with Crippen LogP contribution in [-0.2, 0) is 9.59 Å². The Morgan fingerprint density at radius 1 is 1.29 bits per heavy atom. The molecule has 1 aliphatic heterocycles. The summed E-state index contributed by atoms with van der Waals surface area (Å²) in [5.41, 5.74) is 0.804. The maximum Gasteiger partial charge on any atom is 0.243 e. The second-order valence-electron chi connectivity index (χ2n) is 6.85. The van der Waals surface area contributed by atoms with Crippen LogP contribution in [0.4, 0.5) is 0 Å². The van der Waals surface area contributed by atoms with E-state index >= 15 is 0 Å². The molecule has 1 aromatic rings. The third-order valence-corrected chi connectivity index (χ3v) is 4.95. The van der Waals surface area contributed by atoms with Crippen LogP contribution >= 0.6 is 0 Å². The molecule has 5 heteroatoms. The second-order valence-corrected chi connectivity index (χ2v) is 6.85. The van der Waals surface area contributed by atoms with E-state index in [0.717, 1.165) is 24.8 Å². The molecule has 0 spiro atoms. The molecule has 1 aliphatic carbocycles. The van der Waals surface area contributed by atoms with Gasteiger partial charge in [-0.3, -0.25) is 9.59 Å². The number of hydrogen-bond acceptors (Lipinski definition) is 3. The molecule has 2 N–H and O–H groups in total. The number of likely N-dealkylation sites (tertiary alicyclic amines) is 1. The highest BCUT2D eigenvalue weighted by Gasteiger charge is 2.44. The highest BCUT2D eigenvalue weighted by molar-refractivity contribution is 5.91. The van der Waals surface area contributed by atoms with Crippen LogP contribution in [0.5, 0.6) is 0 Å². The molecule has 130 valence electrons. The topological polar surface area (TPSA) is 69.6 Å². The monoisotopic (exact) mass is 330 g/mol. The number of rotatable bonds is 7. The van der Waals surface area contributed by atoms with E-state index in [0.29, 0.717) is 19.3 Å². The van der Waals surface area contributed by atoms with Crippen molar-refractivity contribution in [1.29, 1.82) is 0 Å². The van der Waals surface area contributed by atoms with Gasteiger partial charge in [0.2, 0.25) is 11.8 Å². The highest BCUT2D eigenvalue weighted by Crippen LogP contribution is 2.34. The molecule has 0 bridgehead atoms. The molecule has 24 heavy (non-hydrogen) atoms. The third-order valence-electron chi connectivity index (χ3n) is 4.95. The number of benzene rings is 1. The maximum absolute atomic E-state index is 12.7. The number of aliphatic hydroxyl groups is 1. The molecular formula is C19H26N2O3. The normalized spacial score (nSPS) is 23.2. The summed E-state index contributed by atoms with van der Waals surface area (Å²) < 4.78 is 0. The van der Waals surface area contributed by atoms with Crippen molar-refractivity contribution in [2.45, 2.75) is 69.7 Å². The summed E-state index contributed by atoms with van der Waals surface area (Å²) in [7, 11) is 0. The molecule has 2 amide bonds. The van der Waals surface area contributed by atoms with E-state index in [4.69, 9.17) is 0 Å². The molecule has 0 radical (unpaired) electrons. The summed E-state index contributed by atoms with van der Waals surface area (Å²) >= 11 is 0. The predicted molar refractivity (Wildman–Crippen MR) is 91.1 cm³/mol. The summed E-state index contributed by atoms with van der Waals surface area (Å²) in [4.78, 5) is 26.5. The van der Waals surface area contributed by atoms with E-state index in [9.17, 15) is 14.7 Å². The molecule has 1 saturated carbocycles. The molecule has 5 nitrogen and oxygen atoms in total. The molecular weight excluding hydrogens is 304 g/mol. The Balaban J connectivity index is 1.68. The molecule has 1 heterocycles. The molecule has 3 unspecified atom stereocenters. The highest BCUT2D eigenvalue weighted by atomic mass is 16.3. The Morgan fingerprint density at radius 2 is 2.00 bits per heavy atom. The quantitative estimate of drug-likeness (QED) is 0.805. The molecule has 3 atom stereocenters. The van der Waals surface area contributed by atoms with Crippen molar-refractivity contribution >= 4 is 11.8 Å². The Bertz CT molecular complexity index is 586. The van der Waals surface area contributed by atoms with Crippen LogP contribution in [0.2, 0.25) is 0 Å². The van der Waals surface area contributed by atoms with Gasteiger partial charge in [-0.15, -0.1) is 0 Å². The van der Waals surface area contributed by atoms with Crippen molar-refractivity contribution in [3.05, 3.63) is 35.9 Å². The van der Waals surface area contributed by atoms with Crippen LogP contribution in [0.15, 0.2) is 30.3 Å². The lowest BCUT2D eigenvalue weighted by Gasteiger charge is -2.29. The van der Waals surface area contributed by atoms with Gasteiger partial charge in [-0.25, -0.2) is 0 Å². The standard InChI is InChI=1S/C19H26N2O3/c1-2-6-15(18(23)13-7-4-3-5-8-13)20-19(24)16-11-12-17(22)21(16)14-9-10-14/h3-5,7-8,14-16,18,23H,2,6,9-12H2,1H3,(H,20,24). The number of carbonyl (C=O) groups is 2. The lowest BCUT2D eigenvalue weighted by atomic mass is 9.98. The third kappa shape index (κ3) is 3.61. The van der Waals surface area contributed by atoms with Gasteiger partial charge < -0.3 is 15.3 Å². The van der Waals surface area contributed by atoms with Crippen LogP contribution in [0, 0.1) is 0 Å². The molecule has 3 rings (SSSR count). The minimum atomic E-state index is -0.735. The smallest absolute Gasteiger partial charge is 0.243 e. The van der Waals surface area contributed by atoms with Gasteiger partial charge in [0.25, 0.3) is 0 Å². The molecule has 2 fully saturated rings. The molecule has 1 aromatic carbocycles. The lowest BCUT2D eigenvalue weighted by Crippen LogP contribution is -2.50. The van der Waals surface area contributed by atoms with E-state index in [1.165, 1.54) is 0 Å². The van der Waals surface area contributed by atoms with Crippen molar-refractivity contribution < 1.29 is 14.7 Å².